The van der Waals surface area contributed by atoms with E-state index in [1.165, 1.54) is 12.1 Å². The van der Waals surface area contributed by atoms with Crippen LogP contribution in [0.5, 0.6) is 0 Å². The number of hydrazine groups is 1. The summed E-state index contributed by atoms with van der Waals surface area (Å²) in [5.74, 6) is -1.30. The van der Waals surface area contributed by atoms with E-state index < -0.39 is 38.9 Å². The number of halogens is 1. The van der Waals surface area contributed by atoms with Crippen LogP contribution in [0.25, 0.3) is 0 Å². The number of nitrogens with zero attached hydrogens (tertiary/aromatic N) is 1. The van der Waals surface area contributed by atoms with E-state index in [0.29, 0.717) is 17.9 Å². The number of imide groups is 1. The normalized spacial score (nSPS) is 19.1. The van der Waals surface area contributed by atoms with Crippen molar-refractivity contribution in [2.24, 2.45) is 0 Å². The van der Waals surface area contributed by atoms with Crippen LogP contribution in [0.2, 0.25) is 5.02 Å². The van der Waals surface area contributed by atoms with Crippen molar-refractivity contribution >= 4 is 39.5 Å². The zero-order valence-electron chi connectivity index (χ0n) is 17.0. The fraction of sp³-hybridized carbons (Fsp3) is 0.526. The van der Waals surface area contributed by atoms with Gasteiger partial charge in [-0.3, -0.25) is 15.0 Å². The third-order valence-corrected chi connectivity index (χ3v) is 7.25. The summed E-state index contributed by atoms with van der Waals surface area (Å²) < 4.78 is 27.7. The predicted octanol–water partition coefficient (Wildman–Crippen LogP) is 2.32. The van der Waals surface area contributed by atoms with E-state index in [2.05, 4.69) is 15.5 Å². The molecule has 3 N–H and O–H groups in total. The highest BCUT2D eigenvalue weighted by Gasteiger charge is 2.52. The maximum Gasteiger partial charge on any atom is 0.344 e. The number of rotatable bonds is 4. The Hall–Kier alpha value is -2.17. The predicted molar refractivity (Wildman–Crippen MR) is 110 cm³/mol. The van der Waals surface area contributed by atoms with Crippen molar-refractivity contribution < 1.29 is 22.8 Å². The smallest absolute Gasteiger partial charge is 0.322 e. The number of urea groups is 1. The van der Waals surface area contributed by atoms with E-state index in [1.807, 2.05) is 0 Å². The van der Waals surface area contributed by atoms with E-state index >= 15 is 0 Å². The Morgan fingerprint density at radius 1 is 1.17 bits per heavy atom. The summed E-state index contributed by atoms with van der Waals surface area (Å²) in [6, 6.07) is 3.01. The molecule has 1 saturated heterocycles. The minimum absolute atomic E-state index is 0.0561. The molecule has 0 atom stereocenters. The number of hydrogen-bond donors (Lipinski definition) is 3. The van der Waals surface area contributed by atoms with Crippen LogP contribution in [0.15, 0.2) is 23.1 Å². The lowest BCUT2D eigenvalue weighted by Gasteiger charge is -2.30. The molecule has 4 amide bonds. The Bertz CT molecular complexity index is 997. The van der Waals surface area contributed by atoms with Crippen molar-refractivity contribution in [1.29, 1.82) is 0 Å². The van der Waals surface area contributed by atoms with Gasteiger partial charge in [0.2, 0.25) is 10.0 Å². The van der Waals surface area contributed by atoms with E-state index in [9.17, 15) is 22.8 Å². The highest BCUT2D eigenvalue weighted by molar-refractivity contribution is 7.89. The van der Waals surface area contributed by atoms with Crippen LogP contribution < -0.4 is 15.5 Å². The standard InChI is InChI=1S/C19H25ClN4O5S/c1-18(2,3)23-30(28,29)14-11-12(7-8-13(14)20)15(25)22-24-16(26)19(21-17(24)27)9-5-4-6-10-19/h7-8,11,23H,4-6,9-10H2,1-3H3,(H,21,27)(H,22,25). The van der Waals surface area contributed by atoms with Crippen LogP contribution in [0.1, 0.15) is 63.2 Å². The second-order valence-corrected chi connectivity index (χ2v) is 10.7. The van der Waals surface area contributed by atoms with Gasteiger partial charge in [-0.1, -0.05) is 30.9 Å². The average molecular weight is 457 g/mol. The summed E-state index contributed by atoms with van der Waals surface area (Å²) in [5, 5.41) is 3.31. The number of sulfonamides is 1. The molecular formula is C19H25ClN4O5S. The van der Waals surface area contributed by atoms with Gasteiger partial charge in [0.15, 0.2) is 0 Å². The van der Waals surface area contributed by atoms with Crippen LogP contribution >= 0.6 is 11.6 Å². The van der Waals surface area contributed by atoms with Gasteiger partial charge in [-0.25, -0.2) is 17.9 Å². The van der Waals surface area contributed by atoms with Crippen LogP contribution in [-0.2, 0) is 14.8 Å². The molecule has 1 saturated carbocycles. The summed E-state index contributed by atoms with van der Waals surface area (Å²) in [5.41, 5.74) is 0.497. The topological polar surface area (TPSA) is 125 Å². The van der Waals surface area contributed by atoms with Gasteiger partial charge in [-0.2, -0.15) is 5.01 Å². The second-order valence-electron chi connectivity index (χ2n) is 8.66. The molecule has 1 aliphatic carbocycles. The summed E-state index contributed by atoms with van der Waals surface area (Å²) >= 11 is 6.05. The zero-order chi connectivity index (χ0) is 22.3. The molecule has 0 radical (unpaired) electrons. The SMILES string of the molecule is CC(C)(C)NS(=O)(=O)c1cc(C(=O)NN2C(=O)NC3(CCCCC3)C2=O)ccc1Cl. The van der Waals surface area contributed by atoms with Gasteiger partial charge in [-0.15, -0.1) is 0 Å². The van der Waals surface area contributed by atoms with Gasteiger partial charge in [-0.05, 0) is 51.8 Å². The molecule has 164 valence electrons. The quantitative estimate of drug-likeness (QED) is 0.599. The third-order valence-electron chi connectivity index (χ3n) is 5.01. The molecule has 30 heavy (non-hydrogen) atoms. The summed E-state index contributed by atoms with van der Waals surface area (Å²) in [4.78, 5) is 37.5. The zero-order valence-corrected chi connectivity index (χ0v) is 18.6. The maximum absolute atomic E-state index is 12.8. The molecule has 1 heterocycles. The molecular weight excluding hydrogens is 432 g/mol. The maximum atomic E-state index is 12.8. The van der Waals surface area contributed by atoms with Gasteiger partial charge >= 0.3 is 6.03 Å². The molecule has 2 fully saturated rings. The third kappa shape index (κ3) is 4.45. The molecule has 2 aliphatic rings. The number of carbonyl (C=O) groups excluding carboxylic acids is 3. The number of benzene rings is 1. The van der Waals surface area contributed by atoms with Crippen LogP contribution in [0, 0.1) is 0 Å². The van der Waals surface area contributed by atoms with Crippen molar-refractivity contribution in [1.82, 2.24) is 20.5 Å². The highest BCUT2D eigenvalue weighted by Crippen LogP contribution is 2.33. The second kappa shape index (κ2) is 7.82. The fourth-order valence-corrected chi connectivity index (χ4v) is 5.64. The fourth-order valence-electron chi connectivity index (χ4n) is 3.69. The molecule has 0 aromatic heterocycles. The van der Waals surface area contributed by atoms with Crippen molar-refractivity contribution in [2.75, 3.05) is 0 Å². The molecule has 0 bridgehead atoms. The van der Waals surface area contributed by atoms with Crippen molar-refractivity contribution in [3.63, 3.8) is 0 Å². The lowest BCUT2D eigenvalue weighted by atomic mass is 9.82. The lowest BCUT2D eigenvalue weighted by Crippen LogP contribution is -2.51. The van der Waals surface area contributed by atoms with Gasteiger partial charge in [0.1, 0.15) is 10.4 Å². The van der Waals surface area contributed by atoms with Crippen molar-refractivity contribution in [3.8, 4) is 0 Å². The first-order chi connectivity index (χ1) is 13.8. The van der Waals surface area contributed by atoms with Gasteiger partial charge in [0, 0.05) is 11.1 Å². The number of carbonyl (C=O) groups is 3. The molecule has 11 heteroatoms. The molecule has 1 aromatic rings. The van der Waals surface area contributed by atoms with E-state index in [0.717, 1.165) is 25.3 Å². The molecule has 1 aliphatic heterocycles. The van der Waals surface area contributed by atoms with Gasteiger partial charge in [0.05, 0.1) is 5.02 Å². The molecule has 3 rings (SSSR count). The van der Waals surface area contributed by atoms with Gasteiger partial charge < -0.3 is 5.32 Å². The highest BCUT2D eigenvalue weighted by atomic mass is 35.5. The first kappa shape index (κ1) is 22.5. The summed E-state index contributed by atoms with van der Waals surface area (Å²) in [6.45, 7) is 5.02. The summed E-state index contributed by atoms with van der Waals surface area (Å²) in [7, 11) is -4.00. The first-order valence-electron chi connectivity index (χ1n) is 9.66. The van der Waals surface area contributed by atoms with E-state index in [-0.39, 0.29) is 15.5 Å². The largest absolute Gasteiger partial charge is 0.344 e. The van der Waals surface area contributed by atoms with Crippen molar-refractivity contribution in [2.45, 2.75) is 68.8 Å². The Morgan fingerprint density at radius 3 is 2.40 bits per heavy atom. The lowest BCUT2D eigenvalue weighted by molar-refractivity contribution is -0.134. The van der Waals surface area contributed by atoms with Crippen LogP contribution in [-0.4, -0.2) is 42.4 Å². The summed E-state index contributed by atoms with van der Waals surface area (Å²) in [6.07, 6.45) is 3.65. The number of amides is 4. The molecule has 1 spiro atoms. The molecule has 1 aromatic carbocycles. The van der Waals surface area contributed by atoms with Gasteiger partial charge in [0.25, 0.3) is 11.8 Å². The minimum Gasteiger partial charge on any atom is -0.322 e. The van der Waals surface area contributed by atoms with E-state index in [4.69, 9.17) is 11.6 Å². The number of nitrogens with one attached hydrogen (secondary N) is 3. The first-order valence-corrected chi connectivity index (χ1v) is 11.5. The van der Waals surface area contributed by atoms with Crippen LogP contribution in [0.3, 0.4) is 0 Å². The monoisotopic (exact) mass is 456 g/mol. The Labute approximate surface area is 180 Å². The van der Waals surface area contributed by atoms with Crippen molar-refractivity contribution in [3.05, 3.63) is 28.8 Å². The van der Waals surface area contributed by atoms with Crippen LogP contribution in [0.4, 0.5) is 4.79 Å². The Kier molecular flexibility index (Phi) is 5.87. The number of hydrogen-bond acceptors (Lipinski definition) is 5. The minimum atomic E-state index is -4.00. The molecule has 0 unspecified atom stereocenters. The van der Waals surface area contributed by atoms with E-state index in [1.54, 1.807) is 20.8 Å². The average Bonchev–Trinajstić information content (AvgIpc) is 2.84. The Balaban J connectivity index is 1.83. The molecule has 9 nitrogen and oxygen atoms in total. The Morgan fingerprint density at radius 2 is 1.80 bits per heavy atom.